The van der Waals surface area contributed by atoms with E-state index in [0.29, 0.717) is 0 Å². The molecule has 0 aliphatic carbocycles. The van der Waals surface area contributed by atoms with E-state index in [1.165, 1.54) is 0 Å². The van der Waals surface area contributed by atoms with Crippen LogP contribution in [0.1, 0.15) is 47.0 Å². The Kier molecular flexibility index (Phi) is 9.29. The first-order valence-electron chi connectivity index (χ1n) is 5.56. The van der Waals surface area contributed by atoms with E-state index in [1.807, 2.05) is 13.8 Å². The largest absolute Gasteiger partial charge is 0.282 e. The van der Waals surface area contributed by atoms with Gasteiger partial charge in [-0.1, -0.05) is 20.3 Å². The monoisotopic (exact) mass is 204 g/mol. The molecule has 1 atom stereocenters. The molecular weight excluding hydrogens is 180 g/mol. The first-order valence-corrected chi connectivity index (χ1v) is 5.56. The zero-order valence-corrected chi connectivity index (χ0v) is 9.88. The molecule has 0 fully saturated rings. The van der Waals surface area contributed by atoms with Crippen LogP contribution in [0, 0.1) is 0 Å². The molecule has 0 aliphatic rings. The average molecular weight is 204 g/mol. The van der Waals surface area contributed by atoms with E-state index >= 15 is 0 Å². The van der Waals surface area contributed by atoms with Crippen molar-refractivity contribution in [3.63, 3.8) is 0 Å². The molecule has 0 heterocycles. The van der Waals surface area contributed by atoms with Crippen molar-refractivity contribution in [2.24, 2.45) is 0 Å². The van der Waals surface area contributed by atoms with Gasteiger partial charge in [0.2, 0.25) is 0 Å². The van der Waals surface area contributed by atoms with Crippen LogP contribution < -0.4 is 5.59 Å². The summed E-state index contributed by atoms with van der Waals surface area (Å²) in [6, 6.07) is 0. The molecule has 0 spiro atoms. The van der Waals surface area contributed by atoms with E-state index < -0.39 is 0 Å². The fourth-order valence-corrected chi connectivity index (χ4v) is 0.733. The van der Waals surface area contributed by atoms with Gasteiger partial charge in [0, 0.05) is 6.54 Å². The number of hydrazine groups is 1. The number of unbranched alkanes of at least 4 members (excludes halogenated alkanes) is 1. The predicted molar refractivity (Wildman–Crippen MR) is 57.2 cm³/mol. The van der Waals surface area contributed by atoms with Gasteiger partial charge < -0.3 is 0 Å². The summed E-state index contributed by atoms with van der Waals surface area (Å²) in [5.74, 6) is 0. The Balaban J connectivity index is 3.47. The number of hydrogen-bond donors (Lipinski definition) is 1. The van der Waals surface area contributed by atoms with Crippen LogP contribution in [0.5, 0.6) is 0 Å². The molecule has 4 nitrogen and oxygen atoms in total. The van der Waals surface area contributed by atoms with Crippen molar-refractivity contribution in [3.05, 3.63) is 0 Å². The second-order valence-corrected chi connectivity index (χ2v) is 3.31. The van der Waals surface area contributed by atoms with Crippen LogP contribution in [0.2, 0.25) is 0 Å². The van der Waals surface area contributed by atoms with Crippen LogP contribution in [0.25, 0.3) is 0 Å². The minimum absolute atomic E-state index is 0.207. The Hall–Kier alpha value is -0.160. The summed E-state index contributed by atoms with van der Waals surface area (Å²) in [5.41, 5.74) is 2.79. The number of nitrogens with zero attached hydrogens (tertiary/aromatic N) is 1. The normalized spacial score (nSPS) is 13.5. The van der Waals surface area contributed by atoms with Crippen molar-refractivity contribution < 1.29 is 9.68 Å². The van der Waals surface area contributed by atoms with Gasteiger partial charge in [-0.25, -0.2) is 0 Å². The summed E-state index contributed by atoms with van der Waals surface area (Å²) in [6.45, 7) is 9.76. The third kappa shape index (κ3) is 7.26. The lowest BCUT2D eigenvalue weighted by atomic mass is 10.3. The molecule has 1 N–H and O–H groups in total. The maximum atomic E-state index is 5.42. The maximum absolute atomic E-state index is 5.42. The second-order valence-electron chi connectivity index (χ2n) is 3.31. The quantitative estimate of drug-likeness (QED) is 0.461. The molecule has 0 rings (SSSR count). The smallest absolute Gasteiger partial charge is 0.0777 e. The minimum Gasteiger partial charge on any atom is -0.282 e. The third-order valence-electron chi connectivity index (χ3n) is 1.96. The molecule has 14 heavy (non-hydrogen) atoms. The van der Waals surface area contributed by atoms with Gasteiger partial charge in [-0.2, -0.15) is 0 Å². The highest BCUT2D eigenvalue weighted by molar-refractivity contribution is 4.40. The Bertz CT molecular complexity index is 123. The molecule has 86 valence electrons. The molecule has 0 aliphatic heterocycles. The summed E-state index contributed by atoms with van der Waals surface area (Å²) in [4.78, 5) is 10.7. The van der Waals surface area contributed by atoms with E-state index in [4.69, 9.17) is 9.68 Å². The standard InChI is InChI=1S/C10H24N2O2/c1-5-8-9-13-12(7-3)11-14-10(4)6-2/h10-11H,5-9H2,1-4H3. The first kappa shape index (κ1) is 13.8. The maximum Gasteiger partial charge on any atom is 0.0777 e. The van der Waals surface area contributed by atoms with Crippen molar-refractivity contribution in [3.8, 4) is 0 Å². The molecule has 0 saturated heterocycles. The predicted octanol–water partition coefficient (Wildman–Crippen LogP) is 2.27. The molecular formula is C10H24N2O2. The summed E-state index contributed by atoms with van der Waals surface area (Å²) in [5, 5.41) is 1.63. The van der Waals surface area contributed by atoms with Crippen molar-refractivity contribution >= 4 is 0 Å². The molecule has 0 amide bonds. The van der Waals surface area contributed by atoms with Crippen LogP contribution >= 0.6 is 0 Å². The Morgan fingerprint density at radius 3 is 2.50 bits per heavy atom. The molecule has 0 aromatic heterocycles. The van der Waals surface area contributed by atoms with E-state index in [9.17, 15) is 0 Å². The highest BCUT2D eigenvalue weighted by Gasteiger charge is 2.04. The lowest BCUT2D eigenvalue weighted by molar-refractivity contribution is -0.281. The molecule has 0 saturated carbocycles. The summed E-state index contributed by atoms with van der Waals surface area (Å²) < 4.78 is 0. The summed E-state index contributed by atoms with van der Waals surface area (Å²) in [6.07, 6.45) is 3.41. The number of hydroxylamine groups is 1. The zero-order valence-electron chi connectivity index (χ0n) is 9.88. The Labute approximate surface area is 87.4 Å². The van der Waals surface area contributed by atoms with Crippen LogP contribution in [-0.2, 0) is 9.68 Å². The molecule has 0 radical (unpaired) electrons. The molecule has 4 heteroatoms. The lowest BCUT2D eigenvalue weighted by Crippen LogP contribution is -2.40. The minimum atomic E-state index is 0.207. The first-order chi connectivity index (χ1) is 6.74. The Morgan fingerprint density at radius 2 is 2.00 bits per heavy atom. The van der Waals surface area contributed by atoms with Crippen LogP contribution in [0.15, 0.2) is 0 Å². The van der Waals surface area contributed by atoms with E-state index in [0.717, 1.165) is 32.4 Å². The van der Waals surface area contributed by atoms with Crippen LogP contribution in [0.3, 0.4) is 0 Å². The van der Waals surface area contributed by atoms with Crippen LogP contribution in [-0.4, -0.2) is 24.4 Å². The van der Waals surface area contributed by atoms with Gasteiger partial charge in [-0.3, -0.25) is 9.68 Å². The number of rotatable bonds is 9. The van der Waals surface area contributed by atoms with Crippen LogP contribution in [0.4, 0.5) is 0 Å². The summed E-state index contributed by atoms with van der Waals surface area (Å²) >= 11 is 0. The van der Waals surface area contributed by atoms with Crippen molar-refractivity contribution in [2.75, 3.05) is 13.2 Å². The van der Waals surface area contributed by atoms with Crippen molar-refractivity contribution in [2.45, 2.75) is 53.1 Å². The van der Waals surface area contributed by atoms with E-state index in [-0.39, 0.29) is 6.10 Å². The fourth-order valence-electron chi connectivity index (χ4n) is 0.733. The van der Waals surface area contributed by atoms with E-state index in [1.54, 1.807) is 5.17 Å². The highest BCUT2D eigenvalue weighted by Crippen LogP contribution is 1.95. The van der Waals surface area contributed by atoms with E-state index in [2.05, 4.69) is 19.4 Å². The third-order valence-corrected chi connectivity index (χ3v) is 1.96. The van der Waals surface area contributed by atoms with Gasteiger partial charge in [0.1, 0.15) is 0 Å². The van der Waals surface area contributed by atoms with Crippen molar-refractivity contribution in [1.82, 2.24) is 10.8 Å². The van der Waals surface area contributed by atoms with Gasteiger partial charge in [-0.05, 0) is 26.7 Å². The lowest BCUT2D eigenvalue weighted by Gasteiger charge is -2.22. The van der Waals surface area contributed by atoms with Crippen molar-refractivity contribution in [1.29, 1.82) is 0 Å². The number of nitrogens with one attached hydrogen (secondary N) is 1. The summed E-state index contributed by atoms with van der Waals surface area (Å²) in [7, 11) is 0. The van der Waals surface area contributed by atoms with Gasteiger partial charge in [0.15, 0.2) is 0 Å². The average Bonchev–Trinajstić information content (AvgIpc) is 2.22. The molecule has 0 bridgehead atoms. The molecule has 1 unspecified atom stereocenters. The molecule has 0 aromatic carbocycles. The Morgan fingerprint density at radius 1 is 1.29 bits per heavy atom. The van der Waals surface area contributed by atoms with Gasteiger partial charge >= 0.3 is 0 Å². The SMILES string of the molecule is CCCCON(CC)NOC(C)CC. The second kappa shape index (κ2) is 9.40. The van der Waals surface area contributed by atoms with Gasteiger partial charge in [-0.15, -0.1) is 10.8 Å². The zero-order chi connectivity index (χ0) is 10.8. The fraction of sp³-hybridized carbons (Fsp3) is 1.00. The topological polar surface area (TPSA) is 33.7 Å². The number of hydrogen-bond acceptors (Lipinski definition) is 4. The molecule has 0 aromatic rings. The van der Waals surface area contributed by atoms with Gasteiger partial charge in [0.25, 0.3) is 0 Å². The van der Waals surface area contributed by atoms with Gasteiger partial charge in [0.05, 0.1) is 12.7 Å². The highest BCUT2D eigenvalue weighted by atomic mass is 16.8.